The van der Waals surface area contributed by atoms with E-state index in [9.17, 15) is 9.59 Å². The van der Waals surface area contributed by atoms with E-state index < -0.39 is 12.1 Å². The molecule has 8 heteroatoms. The fourth-order valence-corrected chi connectivity index (χ4v) is 3.43. The van der Waals surface area contributed by atoms with Crippen LogP contribution in [0.15, 0.2) is 52.8 Å². The summed E-state index contributed by atoms with van der Waals surface area (Å²) in [5, 5.41) is 9.60. The van der Waals surface area contributed by atoms with E-state index in [1.807, 2.05) is 19.1 Å². The van der Waals surface area contributed by atoms with Gasteiger partial charge in [-0.05, 0) is 24.1 Å². The average molecular weight is 380 g/mol. The molecule has 8 nitrogen and oxygen atoms in total. The Morgan fingerprint density at radius 2 is 1.57 bits per heavy atom. The second-order valence-corrected chi connectivity index (χ2v) is 6.54. The fourth-order valence-electron chi connectivity index (χ4n) is 3.43. The minimum atomic E-state index is -0.865. The van der Waals surface area contributed by atoms with Gasteiger partial charge in [0.25, 0.3) is 11.8 Å². The number of carbonyl (C=O) groups excluding carboxylic acids is 2. The maximum Gasteiger partial charge on any atom is 0.263 e. The number of benzene rings is 2. The molecule has 2 aliphatic rings. The molecule has 28 heavy (non-hydrogen) atoms. The van der Waals surface area contributed by atoms with Crippen molar-refractivity contribution in [3.63, 3.8) is 0 Å². The molecule has 0 radical (unpaired) electrons. The van der Waals surface area contributed by atoms with E-state index in [1.165, 1.54) is 9.91 Å². The Kier molecular flexibility index (Phi) is 4.46. The molecular weight excluding hydrogens is 360 g/mol. The molecule has 1 saturated heterocycles. The van der Waals surface area contributed by atoms with Crippen molar-refractivity contribution >= 4 is 23.2 Å². The van der Waals surface area contributed by atoms with E-state index in [4.69, 9.17) is 9.47 Å². The van der Waals surface area contributed by atoms with Crippen LogP contribution >= 0.6 is 0 Å². The maximum absolute atomic E-state index is 13.1. The van der Waals surface area contributed by atoms with Crippen molar-refractivity contribution in [1.29, 1.82) is 0 Å². The predicted molar refractivity (Wildman–Crippen MR) is 103 cm³/mol. The SMILES string of the molecule is CCc1ccc(N2C(=O)[C@H]3N=NN(c4cc(OC)cc(OC)c4)[C@@H]3C2=O)cc1. The van der Waals surface area contributed by atoms with Crippen LogP contribution in [0.2, 0.25) is 0 Å². The number of rotatable bonds is 5. The lowest BCUT2D eigenvalue weighted by Gasteiger charge is -2.21. The van der Waals surface area contributed by atoms with Crippen molar-refractivity contribution in [2.24, 2.45) is 10.3 Å². The van der Waals surface area contributed by atoms with Crippen LogP contribution in [-0.4, -0.2) is 38.1 Å². The molecule has 0 aliphatic carbocycles. The van der Waals surface area contributed by atoms with Crippen LogP contribution in [0.25, 0.3) is 0 Å². The molecule has 0 aromatic heterocycles. The highest BCUT2D eigenvalue weighted by molar-refractivity contribution is 6.26. The lowest BCUT2D eigenvalue weighted by atomic mass is 10.1. The largest absolute Gasteiger partial charge is 0.497 e. The van der Waals surface area contributed by atoms with Crippen molar-refractivity contribution in [3.8, 4) is 11.5 Å². The zero-order valence-corrected chi connectivity index (χ0v) is 15.8. The summed E-state index contributed by atoms with van der Waals surface area (Å²) in [7, 11) is 3.08. The zero-order chi connectivity index (χ0) is 19.8. The standard InChI is InChI=1S/C20H20N4O4/c1-4-12-5-7-13(8-6-12)23-19(25)17-18(20(23)26)24(22-21-17)14-9-15(27-2)11-16(10-14)28-3/h5-11,17-18H,4H2,1-3H3/t17-,18-/m0/s1. The summed E-state index contributed by atoms with van der Waals surface area (Å²) < 4.78 is 10.6. The molecule has 2 aromatic rings. The van der Waals surface area contributed by atoms with E-state index in [1.54, 1.807) is 44.6 Å². The Morgan fingerprint density at radius 3 is 2.14 bits per heavy atom. The number of imide groups is 1. The number of amides is 2. The molecule has 0 bridgehead atoms. The minimum Gasteiger partial charge on any atom is -0.497 e. The Bertz CT molecular complexity index is 935. The fraction of sp³-hybridized carbons (Fsp3) is 0.300. The molecule has 2 aromatic carbocycles. The van der Waals surface area contributed by atoms with Crippen LogP contribution in [0.5, 0.6) is 11.5 Å². The first-order valence-corrected chi connectivity index (χ1v) is 8.97. The summed E-state index contributed by atoms with van der Waals surface area (Å²) in [4.78, 5) is 27.2. The topological polar surface area (TPSA) is 83.8 Å². The predicted octanol–water partition coefficient (Wildman–Crippen LogP) is 2.76. The lowest BCUT2D eigenvalue weighted by molar-refractivity contribution is -0.121. The van der Waals surface area contributed by atoms with Crippen molar-refractivity contribution in [1.82, 2.24) is 0 Å². The summed E-state index contributed by atoms with van der Waals surface area (Å²) in [6.07, 6.45) is 0.882. The van der Waals surface area contributed by atoms with Gasteiger partial charge in [-0.25, -0.2) is 9.91 Å². The third kappa shape index (κ3) is 2.77. The van der Waals surface area contributed by atoms with Gasteiger partial charge in [0.15, 0.2) is 12.1 Å². The molecule has 4 rings (SSSR count). The van der Waals surface area contributed by atoms with Crippen molar-refractivity contribution < 1.29 is 19.1 Å². The summed E-state index contributed by atoms with van der Waals surface area (Å²) in [6.45, 7) is 2.05. The Morgan fingerprint density at radius 1 is 0.929 bits per heavy atom. The van der Waals surface area contributed by atoms with E-state index in [2.05, 4.69) is 10.3 Å². The van der Waals surface area contributed by atoms with Gasteiger partial charge in [-0.2, -0.15) is 5.11 Å². The quantitative estimate of drug-likeness (QED) is 0.745. The smallest absolute Gasteiger partial charge is 0.263 e. The highest BCUT2D eigenvalue weighted by atomic mass is 16.5. The molecule has 0 saturated carbocycles. The highest BCUT2D eigenvalue weighted by Gasteiger charge is 2.55. The molecule has 144 valence electrons. The number of aryl methyl sites for hydroxylation is 1. The van der Waals surface area contributed by atoms with E-state index >= 15 is 0 Å². The van der Waals surface area contributed by atoms with E-state index in [0.29, 0.717) is 22.9 Å². The van der Waals surface area contributed by atoms with Gasteiger partial charge in [0.2, 0.25) is 0 Å². The lowest BCUT2D eigenvalue weighted by Crippen LogP contribution is -2.39. The number of hydrogen-bond donors (Lipinski definition) is 0. The van der Waals surface area contributed by atoms with Gasteiger partial charge in [-0.1, -0.05) is 24.3 Å². The molecule has 0 unspecified atom stereocenters. The molecule has 1 fully saturated rings. The normalized spacial score (nSPS) is 20.7. The van der Waals surface area contributed by atoms with E-state index in [0.717, 1.165) is 12.0 Å². The molecule has 2 amide bonds. The number of methoxy groups -OCH3 is 2. The van der Waals surface area contributed by atoms with Crippen molar-refractivity contribution in [2.75, 3.05) is 24.1 Å². The summed E-state index contributed by atoms with van der Waals surface area (Å²) in [5.41, 5.74) is 2.24. The Labute approximate surface area is 162 Å². The third-order valence-electron chi connectivity index (χ3n) is 4.99. The van der Waals surface area contributed by atoms with Gasteiger partial charge in [-0.3, -0.25) is 9.59 Å². The van der Waals surface area contributed by atoms with Gasteiger partial charge in [0, 0.05) is 18.2 Å². The first-order chi connectivity index (χ1) is 13.6. The third-order valence-corrected chi connectivity index (χ3v) is 4.99. The van der Waals surface area contributed by atoms with Gasteiger partial charge in [0.1, 0.15) is 11.5 Å². The highest BCUT2D eigenvalue weighted by Crippen LogP contribution is 2.37. The molecular formula is C20H20N4O4. The van der Waals surface area contributed by atoms with Gasteiger partial charge >= 0.3 is 0 Å². The van der Waals surface area contributed by atoms with Gasteiger partial charge in [0.05, 0.1) is 25.6 Å². The zero-order valence-electron chi connectivity index (χ0n) is 15.8. The number of nitrogens with zero attached hydrogens (tertiary/aromatic N) is 4. The average Bonchev–Trinajstić information content (AvgIpc) is 3.28. The monoisotopic (exact) mass is 380 g/mol. The second-order valence-electron chi connectivity index (χ2n) is 6.54. The number of carbonyl (C=O) groups is 2. The number of hydrogen-bond acceptors (Lipinski definition) is 7. The minimum absolute atomic E-state index is 0.356. The van der Waals surface area contributed by atoms with Crippen LogP contribution in [0.1, 0.15) is 12.5 Å². The molecule has 2 atom stereocenters. The van der Waals surface area contributed by atoms with Crippen molar-refractivity contribution in [2.45, 2.75) is 25.4 Å². The summed E-state index contributed by atoms with van der Waals surface area (Å²) in [6, 6.07) is 10.9. The first kappa shape index (κ1) is 18.0. The summed E-state index contributed by atoms with van der Waals surface area (Å²) >= 11 is 0. The van der Waals surface area contributed by atoms with Crippen LogP contribution < -0.4 is 19.4 Å². The first-order valence-electron chi connectivity index (χ1n) is 8.97. The molecule has 0 spiro atoms. The second kappa shape index (κ2) is 6.95. The van der Waals surface area contributed by atoms with E-state index in [-0.39, 0.29) is 11.8 Å². The number of anilines is 2. The van der Waals surface area contributed by atoms with Crippen LogP contribution in [-0.2, 0) is 16.0 Å². The Hall–Kier alpha value is -3.42. The molecule has 2 heterocycles. The number of fused-ring (bicyclic) bond motifs is 1. The molecule has 0 N–H and O–H groups in total. The van der Waals surface area contributed by atoms with Crippen LogP contribution in [0.3, 0.4) is 0 Å². The summed E-state index contributed by atoms with van der Waals surface area (Å²) in [5.74, 6) is 0.375. The van der Waals surface area contributed by atoms with Crippen LogP contribution in [0.4, 0.5) is 11.4 Å². The van der Waals surface area contributed by atoms with Crippen LogP contribution in [0, 0.1) is 0 Å². The Balaban J connectivity index is 1.68. The number of ether oxygens (including phenoxy) is 2. The van der Waals surface area contributed by atoms with Crippen molar-refractivity contribution in [3.05, 3.63) is 48.0 Å². The van der Waals surface area contributed by atoms with Gasteiger partial charge < -0.3 is 9.47 Å². The van der Waals surface area contributed by atoms with Gasteiger partial charge in [-0.15, -0.1) is 0 Å². The maximum atomic E-state index is 13.1. The molecule has 2 aliphatic heterocycles.